The second-order valence-electron chi connectivity index (χ2n) is 17.3. The molecule has 0 saturated heterocycles. The molecule has 0 saturated carbocycles. The van der Waals surface area contributed by atoms with Crippen LogP contribution < -0.4 is 31.1 Å². The number of hydrogen-bond donors (Lipinski definition) is 9. The Balaban J connectivity index is 1.04. The molecule has 0 amide bonds. The second kappa shape index (κ2) is 26.3. The van der Waals surface area contributed by atoms with Gasteiger partial charge in [0.1, 0.15) is 4.90 Å². The van der Waals surface area contributed by atoms with Gasteiger partial charge in [0.2, 0.25) is 35.7 Å². The summed E-state index contributed by atoms with van der Waals surface area (Å²) < 4.78 is 61.9. The van der Waals surface area contributed by atoms with E-state index in [1.165, 1.54) is 41.3 Å². The minimum absolute atomic E-state index is 0.00675. The average Bonchev–Trinajstić information content (AvgIpc) is 3.45. The zero-order valence-electron chi connectivity index (χ0n) is 42.3. The average molecular weight is 1110 g/mol. The molecule has 8 rings (SSSR count). The molecule has 0 atom stereocenters. The van der Waals surface area contributed by atoms with Gasteiger partial charge >= 0.3 is 0 Å². The maximum absolute atomic E-state index is 13.0. The van der Waals surface area contributed by atoms with E-state index in [4.69, 9.17) is 0 Å². The largest absolute Gasteiger partial charge is 0.395 e. The molecule has 24 heteroatoms. The highest BCUT2D eigenvalue weighted by Gasteiger charge is 2.20. The SMILES string of the molecule is CCCN(CCO)c1nc(Nc2ccc(C(=O)c3ccccc3)cc2)nc(Nc2ccc(/C=C/c3ccc(Nc4nc(Nc5ccc(C(=O)c6ccccc6)cc5)nc(N(CCO)CCO)n4)cc3S(=O)(=O)O)c([SH](=O)=O)c2)n1. The zero-order valence-corrected chi connectivity index (χ0v) is 44.1. The molecular formula is C55H54N12O10S2. The first-order valence-electron chi connectivity index (χ1n) is 24.6. The summed E-state index contributed by atoms with van der Waals surface area (Å²) in [6, 6.07) is 39.4. The van der Waals surface area contributed by atoms with Gasteiger partial charge in [-0.05, 0) is 90.3 Å². The Morgan fingerprint density at radius 2 is 0.861 bits per heavy atom. The smallest absolute Gasteiger partial charge is 0.295 e. The first-order chi connectivity index (χ1) is 38.2. The maximum atomic E-state index is 13.0. The van der Waals surface area contributed by atoms with Crippen LogP contribution in [-0.2, 0) is 20.8 Å². The lowest BCUT2D eigenvalue weighted by Gasteiger charge is -2.22. The third-order valence-corrected chi connectivity index (χ3v) is 13.5. The molecule has 0 fully saturated rings. The van der Waals surface area contributed by atoms with Gasteiger partial charge in [-0.2, -0.15) is 38.3 Å². The van der Waals surface area contributed by atoms with E-state index in [-0.39, 0.29) is 114 Å². The van der Waals surface area contributed by atoms with E-state index < -0.39 is 25.7 Å². The molecule has 406 valence electrons. The molecule has 0 spiro atoms. The van der Waals surface area contributed by atoms with Crippen molar-refractivity contribution in [1.29, 1.82) is 0 Å². The highest BCUT2D eigenvalue weighted by Crippen LogP contribution is 2.29. The van der Waals surface area contributed by atoms with Crippen molar-refractivity contribution < 1.29 is 46.3 Å². The summed E-state index contributed by atoms with van der Waals surface area (Å²) in [5.41, 5.74) is 3.56. The van der Waals surface area contributed by atoms with E-state index in [9.17, 15) is 46.3 Å². The molecule has 0 aliphatic carbocycles. The van der Waals surface area contributed by atoms with Crippen molar-refractivity contribution in [3.63, 3.8) is 0 Å². The van der Waals surface area contributed by atoms with Crippen LogP contribution in [0.3, 0.4) is 0 Å². The quantitative estimate of drug-likeness (QED) is 0.0115. The lowest BCUT2D eigenvalue weighted by molar-refractivity contribution is 0.103. The number of nitrogens with zero attached hydrogens (tertiary/aromatic N) is 8. The number of aromatic nitrogens is 6. The molecular weight excluding hydrogens is 1050 g/mol. The normalized spacial score (nSPS) is 11.4. The number of nitrogens with one attached hydrogen (secondary N) is 4. The number of carbonyl (C=O) groups excluding carboxylic acids is 2. The molecule has 6 aromatic carbocycles. The summed E-state index contributed by atoms with van der Waals surface area (Å²) in [6.45, 7) is 1.94. The first-order valence-corrected chi connectivity index (χ1v) is 27.2. The van der Waals surface area contributed by atoms with Crippen LogP contribution in [-0.4, -0.2) is 124 Å². The van der Waals surface area contributed by atoms with Crippen molar-refractivity contribution in [3.05, 3.63) is 179 Å². The van der Waals surface area contributed by atoms with E-state index in [2.05, 4.69) is 51.2 Å². The summed E-state index contributed by atoms with van der Waals surface area (Å²) in [5.74, 6) is -0.0140. The number of benzene rings is 6. The Kier molecular flexibility index (Phi) is 18.7. The summed E-state index contributed by atoms with van der Waals surface area (Å²) >= 11 is 0. The number of aliphatic hydroxyl groups excluding tert-OH is 3. The number of hydrogen-bond acceptors (Lipinski definition) is 21. The minimum atomic E-state index is -4.92. The molecule has 0 bridgehead atoms. The van der Waals surface area contributed by atoms with Crippen LogP contribution in [0.4, 0.5) is 58.4 Å². The Morgan fingerprint density at radius 1 is 0.494 bits per heavy atom. The van der Waals surface area contributed by atoms with Crippen LogP contribution in [0.25, 0.3) is 12.2 Å². The highest BCUT2D eigenvalue weighted by molar-refractivity contribution is 7.86. The van der Waals surface area contributed by atoms with Crippen molar-refractivity contribution in [2.24, 2.45) is 0 Å². The van der Waals surface area contributed by atoms with E-state index in [0.29, 0.717) is 46.6 Å². The Bertz CT molecular complexity index is 3630. The van der Waals surface area contributed by atoms with Crippen molar-refractivity contribution in [1.82, 2.24) is 29.9 Å². The molecule has 2 heterocycles. The van der Waals surface area contributed by atoms with Gasteiger partial charge in [0, 0.05) is 71.2 Å². The lowest BCUT2D eigenvalue weighted by Crippen LogP contribution is -2.31. The predicted octanol–water partition coefficient (Wildman–Crippen LogP) is 6.88. The number of aliphatic hydroxyl groups is 3. The van der Waals surface area contributed by atoms with Crippen LogP contribution in [0, 0.1) is 0 Å². The number of rotatable bonds is 26. The third kappa shape index (κ3) is 14.9. The fraction of sp³-hybridized carbons (Fsp3) is 0.164. The van der Waals surface area contributed by atoms with Crippen molar-refractivity contribution in [3.8, 4) is 0 Å². The van der Waals surface area contributed by atoms with Crippen LogP contribution in [0.1, 0.15) is 56.3 Å². The summed E-state index contributed by atoms with van der Waals surface area (Å²) in [4.78, 5) is 55.7. The topological polar surface area (TPSA) is 315 Å². The summed E-state index contributed by atoms with van der Waals surface area (Å²) in [5, 5.41) is 41.6. The Labute approximate surface area is 456 Å². The number of thiol groups is 1. The maximum Gasteiger partial charge on any atom is 0.295 e. The molecule has 0 unspecified atom stereocenters. The Hall–Kier alpha value is -9.04. The zero-order chi connectivity index (χ0) is 55.9. The number of ketones is 2. The predicted molar refractivity (Wildman–Crippen MR) is 302 cm³/mol. The van der Waals surface area contributed by atoms with E-state index in [0.717, 1.165) is 6.07 Å². The Morgan fingerprint density at radius 3 is 1.27 bits per heavy atom. The monoisotopic (exact) mass is 1110 g/mol. The fourth-order valence-electron chi connectivity index (χ4n) is 8.00. The molecule has 8 N–H and O–H groups in total. The van der Waals surface area contributed by atoms with Crippen LogP contribution in [0.5, 0.6) is 0 Å². The molecule has 0 aliphatic heterocycles. The van der Waals surface area contributed by atoms with Gasteiger partial charge in [-0.3, -0.25) is 14.1 Å². The molecule has 22 nitrogen and oxygen atoms in total. The number of carbonyl (C=O) groups is 2. The van der Waals surface area contributed by atoms with Crippen molar-refractivity contribution >= 4 is 103 Å². The minimum Gasteiger partial charge on any atom is -0.395 e. The van der Waals surface area contributed by atoms with Crippen LogP contribution in [0.2, 0.25) is 0 Å². The molecule has 0 aliphatic rings. The summed E-state index contributed by atoms with van der Waals surface area (Å²) in [6.07, 6.45) is 3.40. The van der Waals surface area contributed by atoms with Gasteiger partial charge in [0.05, 0.1) is 24.7 Å². The van der Waals surface area contributed by atoms with Gasteiger partial charge < -0.3 is 46.4 Å². The van der Waals surface area contributed by atoms with Gasteiger partial charge in [0.25, 0.3) is 10.1 Å². The fourth-order valence-corrected chi connectivity index (χ4v) is 9.32. The van der Waals surface area contributed by atoms with Crippen LogP contribution in [0.15, 0.2) is 155 Å². The summed E-state index contributed by atoms with van der Waals surface area (Å²) in [7, 11) is -8.17. The molecule has 2 aromatic heterocycles. The molecule has 79 heavy (non-hydrogen) atoms. The second-order valence-corrected chi connectivity index (χ2v) is 19.7. The lowest BCUT2D eigenvalue weighted by atomic mass is 10.0. The van der Waals surface area contributed by atoms with Gasteiger partial charge in [-0.1, -0.05) is 91.9 Å². The van der Waals surface area contributed by atoms with Gasteiger partial charge in [-0.25, -0.2) is 8.42 Å². The van der Waals surface area contributed by atoms with E-state index >= 15 is 0 Å². The standard InChI is InChI=1S/C55H54N12O10S2/c1-2-27-66(28-31-68)54-62-50(56-42-21-17-40(18-22-42)48(71)38-9-5-3-6-10-38)60-52(64-54)58-44-25-15-36(46(34-44)78(73)74)13-14-37-16-26-45(35-47(37)79(75,76)77)59-53-61-51(63-55(65-53)67(29-32-69)30-33-70)57-43-23-19-41(20-24-43)49(72)39-11-7-4-8-12-39/h3-26,34-35,68-70,78H,2,27-33H2,1H3,(H,75,76,77)(H2,56,58,60,62,64)(H2,57,59,61,63,65)/b14-13+. The van der Waals surface area contributed by atoms with Crippen LogP contribution >= 0.6 is 0 Å². The molecule has 0 radical (unpaired) electrons. The van der Waals surface area contributed by atoms with Gasteiger partial charge in [0.15, 0.2) is 22.3 Å². The van der Waals surface area contributed by atoms with Gasteiger partial charge in [-0.15, -0.1) is 0 Å². The highest BCUT2D eigenvalue weighted by atomic mass is 32.2. The van der Waals surface area contributed by atoms with Crippen molar-refractivity contribution in [2.75, 3.05) is 77.1 Å². The van der Waals surface area contributed by atoms with Crippen molar-refractivity contribution in [2.45, 2.75) is 23.1 Å². The first kappa shape index (κ1) is 56.2. The van der Waals surface area contributed by atoms with E-state index in [1.54, 1.807) is 108 Å². The molecule has 8 aromatic rings. The number of anilines is 10. The van der Waals surface area contributed by atoms with E-state index in [1.807, 2.05) is 19.1 Å². The third-order valence-electron chi connectivity index (χ3n) is 11.8.